The van der Waals surface area contributed by atoms with Gasteiger partial charge in [-0.1, -0.05) is 75.8 Å². The van der Waals surface area contributed by atoms with E-state index < -0.39 is 46.7 Å². The Labute approximate surface area is 406 Å². The number of carbonyl (C=O) groups excluding carboxylic acids is 8. The van der Waals surface area contributed by atoms with E-state index in [1.807, 2.05) is 65.8 Å². The summed E-state index contributed by atoms with van der Waals surface area (Å²) in [5.41, 5.74) is 0.298. The van der Waals surface area contributed by atoms with Crippen LogP contribution in [0.25, 0.3) is 0 Å². The molecule has 376 valence electrons. The van der Waals surface area contributed by atoms with Gasteiger partial charge in [0.2, 0.25) is 35.4 Å². The third kappa shape index (κ3) is 19.9. The van der Waals surface area contributed by atoms with Crippen molar-refractivity contribution in [3.05, 3.63) is 72.2 Å². The molecule has 2 heterocycles. The van der Waals surface area contributed by atoms with E-state index in [0.717, 1.165) is 31.3 Å². The lowest BCUT2D eigenvalue weighted by Gasteiger charge is -2.29. The molecule has 3 aliphatic rings. The highest BCUT2D eigenvalue weighted by Crippen LogP contribution is 2.33. The molecule has 1 aliphatic carbocycles. The van der Waals surface area contributed by atoms with E-state index in [-0.39, 0.29) is 72.6 Å². The summed E-state index contributed by atoms with van der Waals surface area (Å²) in [7, 11) is 3.06. The van der Waals surface area contributed by atoms with Crippen molar-refractivity contribution in [2.45, 2.75) is 129 Å². The number of likely N-dealkylation sites (tertiary alicyclic amines) is 1. The lowest BCUT2D eigenvalue weighted by Crippen LogP contribution is -2.52. The Morgan fingerprint density at radius 1 is 0.985 bits per heavy atom. The van der Waals surface area contributed by atoms with E-state index in [0.29, 0.717) is 44.5 Å². The largest absolute Gasteiger partial charge is 0.490 e. The van der Waals surface area contributed by atoms with Crippen molar-refractivity contribution in [3.63, 3.8) is 0 Å². The van der Waals surface area contributed by atoms with Crippen molar-refractivity contribution in [1.82, 2.24) is 31.5 Å². The fraction of sp³-hybridized carbons (Fsp3) is 0.600. The van der Waals surface area contributed by atoms with Crippen LogP contribution in [0.1, 0.15) is 106 Å². The van der Waals surface area contributed by atoms with E-state index in [1.54, 1.807) is 31.4 Å². The molecule has 2 fully saturated rings. The molecule has 2 aliphatic heterocycles. The van der Waals surface area contributed by atoms with Gasteiger partial charge in [0.15, 0.2) is 5.76 Å². The first kappa shape index (κ1) is 56.7. The molecular formula is C50H74N6O11S. The number of carbonyl (C=O) groups is 8. The molecule has 0 bridgehead atoms. The van der Waals surface area contributed by atoms with Gasteiger partial charge >= 0.3 is 12.1 Å². The van der Waals surface area contributed by atoms with Crippen molar-refractivity contribution < 1.29 is 52.6 Å². The number of ether oxygens (including phenoxy) is 3. The summed E-state index contributed by atoms with van der Waals surface area (Å²) < 4.78 is 16.1. The van der Waals surface area contributed by atoms with Crippen LogP contribution in [-0.4, -0.2) is 115 Å². The van der Waals surface area contributed by atoms with Gasteiger partial charge in [-0.15, -0.1) is 11.8 Å². The molecule has 1 saturated heterocycles. The normalized spacial score (nSPS) is 21.6. The summed E-state index contributed by atoms with van der Waals surface area (Å²) in [4.78, 5) is 102. The molecule has 0 aromatic heterocycles. The Bertz CT molecular complexity index is 1950. The quantitative estimate of drug-likeness (QED) is 0.0192. The van der Waals surface area contributed by atoms with Gasteiger partial charge in [-0.3, -0.25) is 33.7 Å². The molecule has 17 nitrogen and oxygen atoms in total. The number of nitrogens with one attached hydrogen (secondary N) is 5. The molecule has 0 radical (unpaired) electrons. The number of amides is 7. The Kier molecular flexibility index (Phi) is 24.4. The molecule has 68 heavy (non-hydrogen) atoms. The maximum Gasteiger partial charge on any atom is 0.407 e. The lowest BCUT2D eigenvalue weighted by atomic mass is 9.81. The summed E-state index contributed by atoms with van der Waals surface area (Å²) in [6.07, 6.45) is 20.7. The molecule has 5 atom stereocenters. The third-order valence-corrected chi connectivity index (χ3v) is 13.0. The van der Waals surface area contributed by atoms with Crippen LogP contribution in [0.4, 0.5) is 4.79 Å². The Balaban J connectivity index is 1.33. The first-order chi connectivity index (χ1) is 32.4. The van der Waals surface area contributed by atoms with Crippen molar-refractivity contribution in [1.29, 1.82) is 0 Å². The minimum atomic E-state index is -0.864. The fourth-order valence-electron chi connectivity index (χ4n) is 7.88. The summed E-state index contributed by atoms with van der Waals surface area (Å²) in [6, 6.07) is -0.864. The molecular weight excluding hydrogens is 893 g/mol. The fourth-order valence-corrected chi connectivity index (χ4v) is 9.00. The van der Waals surface area contributed by atoms with E-state index in [4.69, 9.17) is 14.2 Å². The molecule has 1 unspecified atom stereocenters. The van der Waals surface area contributed by atoms with Gasteiger partial charge in [0.05, 0.1) is 12.4 Å². The van der Waals surface area contributed by atoms with Crippen LogP contribution in [0.3, 0.4) is 0 Å². The zero-order valence-electron chi connectivity index (χ0n) is 41.1. The maximum absolute atomic E-state index is 13.2. The number of rotatable bonds is 25. The van der Waals surface area contributed by atoms with Gasteiger partial charge in [0.25, 0.3) is 0 Å². The average molecular weight is 967 g/mol. The number of thioether (sulfide) groups is 1. The predicted octanol–water partition coefficient (Wildman–Crippen LogP) is 5.45. The second kappa shape index (κ2) is 29.3. The van der Waals surface area contributed by atoms with Crippen LogP contribution in [0.5, 0.6) is 0 Å². The molecule has 18 heteroatoms. The van der Waals surface area contributed by atoms with Crippen molar-refractivity contribution in [2.24, 2.45) is 23.2 Å². The molecule has 0 spiro atoms. The Morgan fingerprint density at radius 3 is 2.34 bits per heavy atom. The molecule has 3 rings (SSSR count). The van der Waals surface area contributed by atoms with Crippen LogP contribution in [0, 0.1) is 23.2 Å². The highest BCUT2D eigenvalue weighted by atomic mass is 32.2. The van der Waals surface area contributed by atoms with Gasteiger partial charge < -0.3 is 40.8 Å². The lowest BCUT2D eigenvalue weighted by molar-refractivity contribution is -0.151. The topological polar surface area (TPSA) is 228 Å². The van der Waals surface area contributed by atoms with Crippen molar-refractivity contribution in [2.75, 3.05) is 39.5 Å². The molecule has 1 saturated carbocycles. The van der Waals surface area contributed by atoms with Crippen LogP contribution >= 0.6 is 11.8 Å². The van der Waals surface area contributed by atoms with Crippen LogP contribution < -0.4 is 26.6 Å². The predicted molar refractivity (Wildman–Crippen MR) is 261 cm³/mol. The van der Waals surface area contributed by atoms with Gasteiger partial charge in [-0.25, -0.2) is 9.59 Å². The number of esters is 1. The number of hydrogen-bond donors (Lipinski definition) is 5. The van der Waals surface area contributed by atoms with Gasteiger partial charge in [-0.05, 0) is 69.6 Å². The van der Waals surface area contributed by atoms with Crippen molar-refractivity contribution >= 4 is 59.3 Å². The molecule has 5 N–H and O–H groups in total. The van der Waals surface area contributed by atoms with Crippen LogP contribution in [0.2, 0.25) is 0 Å². The van der Waals surface area contributed by atoms with E-state index in [1.165, 1.54) is 36.0 Å². The van der Waals surface area contributed by atoms with Gasteiger partial charge in [-0.2, -0.15) is 0 Å². The van der Waals surface area contributed by atoms with E-state index >= 15 is 0 Å². The molecule has 7 amide bonds. The maximum atomic E-state index is 13.2. The summed E-state index contributed by atoms with van der Waals surface area (Å²) in [5, 5.41) is 13.2. The molecule has 0 aromatic carbocycles. The monoisotopic (exact) mass is 967 g/mol. The number of alkyl carbamates (subject to hydrolysis) is 1. The second-order valence-corrected chi connectivity index (χ2v) is 19.7. The van der Waals surface area contributed by atoms with Crippen LogP contribution in [0.15, 0.2) is 72.2 Å². The minimum absolute atomic E-state index is 0.0130. The number of allylic oxidation sites excluding steroid dienone is 5. The van der Waals surface area contributed by atoms with Gasteiger partial charge in [0.1, 0.15) is 18.2 Å². The van der Waals surface area contributed by atoms with Gasteiger partial charge in [0, 0.05) is 82.5 Å². The zero-order chi connectivity index (χ0) is 50.2. The first-order valence-electron chi connectivity index (χ1n) is 23.6. The minimum Gasteiger partial charge on any atom is -0.490 e. The van der Waals surface area contributed by atoms with E-state index in [2.05, 4.69) is 26.6 Å². The SMILES string of the molecule is C/C=C\C[C@@H](C/C=C\NC(=O)[C@@H](NC(=O)\C=C/C=C\C(C)=C\[C@H](C)[C@@H]1CC=C(OC)C(=O)O1)C(C)(C)C)OC(=O)NCCCNC(=O)CCSC1CC(=O)N(CC2CCC(C(=O)NC)CC2)C1=O. The highest BCUT2D eigenvalue weighted by molar-refractivity contribution is 8.00. The Morgan fingerprint density at radius 2 is 1.68 bits per heavy atom. The number of imide groups is 1. The summed E-state index contributed by atoms with van der Waals surface area (Å²) in [6.45, 7) is 12.2. The third-order valence-electron chi connectivity index (χ3n) is 11.8. The van der Waals surface area contributed by atoms with Crippen LogP contribution in [-0.2, 0) is 47.8 Å². The second-order valence-electron chi connectivity index (χ2n) is 18.3. The molecule has 0 aromatic rings. The standard InChI is InChI=1S/C50H74N6O11S/c1-9-10-16-37(17-13-26-53-46(61)44(50(4,5)6)55-42(58)18-12-11-15-33(2)30-34(3)38-23-24-39(65-8)48(63)67-38)66-49(64)54-28-14-27-52-41(57)25-29-68-40-31-43(59)56(47(40)62)32-35-19-21-36(22-20-35)45(60)51-7/h9-13,15,18,24,26,30,34-38,40,44H,14,16-17,19-23,25,27-29,31-32H2,1-8H3,(H,51,60)(H,52,57)(H,53,61)(H,54,64)(H,55,58)/b10-9-,15-11-,18-12-,26-13-,33-30+/t34-,35?,36?,37-,38-,40?,44+/m0/s1. The first-order valence-corrected chi connectivity index (χ1v) is 24.6. The number of cyclic esters (lactones) is 1. The summed E-state index contributed by atoms with van der Waals surface area (Å²) >= 11 is 1.32. The highest BCUT2D eigenvalue weighted by Gasteiger charge is 2.40. The van der Waals surface area contributed by atoms with E-state index in [9.17, 15) is 38.4 Å². The number of methoxy groups -OCH3 is 1. The Hall–Kier alpha value is -5.65. The number of nitrogens with zero attached hydrogens (tertiary/aromatic N) is 1. The average Bonchev–Trinajstić information content (AvgIpc) is 3.56. The summed E-state index contributed by atoms with van der Waals surface area (Å²) in [5.74, 6) is -1.16. The van der Waals surface area contributed by atoms with Crippen molar-refractivity contribution in [3.8, 4) is 0 Å². The number of hydrogen-bond acceptors (Lipinski definition) is 12. The zero-order valence-corrected chi connectivity index (χ0v) is 41.9. The smallest absolute Gasteiger partial charge is 0.407 e.